The number of hydrogen-bond donors (Lipinski definition) is 14. The summed E-state index contributed by atoms with van der Waals surface area (Å²) < 4.78 is 0. The van der Waals surface area contributed by atoms with Gasteiger partial charge in [0.05, 0.1) is 6.17 Å². The zero-order valence-electron chi connectivity index (χ0n) is 37.3. The highest BCUT2D eigenvalue weighted by molar-refractivity contribution is 6.04. The molecule has 0 aliphatic carbocycles. The van der Waals surface area contributed by atoms with E-state index in [9.17, 15) is 48.9 Å². The number of carbonyl (C=O) groups is 7. The van der Waals surface area contributed by atoms with Crippen molar-refractivity contribution in [3.63, 3.8) is 0 Å². The van der Waals surface area contributed by atoms with Crippen LogP contribution in [0.5, 0.6) is 11.5 Å². The van der Waals surface area contributed by atoms with Crippen molar-refractivity contribution in [2.24, 2.45) is 35.0 Å². The number of rotatable bonds is 29. The molecule has 0 bridgehead atoms. The lowest BCUT2D eigenvalue weighted by Gasteiger charge is -2.29. The zero-order valence-corrected chi connectivity index (χ0v) is 37.3. The van der Waals surface area contributed by atoms with Gasteiger partial charge in [-0.2, -0.15) is 0 Å². The zero-order chi connectivity index (χ0) is 47.9. The van der Waals surface area contributed by atoms with Crippen LogP contribution in [0.2, 0.25) is 0 Å². The maximum atomic E-state index is 14.4. The van der Waals surface area contributed by atoms with Gasteiger partial charge in [0.1, 0.15) is 53.9 Å². The van der Waals surface area contributed by atoms with Gasteiger partial charge in [0.2, 0.25) is 35.4 Å². The minimum absolute atomic E-state index is 0.0161. The number of amides is 6. The molecule has 356 valence electrons. The quantitative estimate of drug-likeness (QED) is 0.0255. The molecule has 8 unspecified atom stereocenters. The number of hydrogen-bond acceptors (Lipinski definition) is 14. The van der Waals surface area contributed by atoms with E-state index in [0.29, 0.717) is 43.4 Å². The van der Waals surface area contributed by atoms with Gasteiger partial charge in [0.25, 0.3) is 0 Å². The summed E-state index contributed by atoms with van der Waals surface area (Å²) in [6, 6.07) is 7.99. The molecule has 17 N–H and O–H groups in total. The Balaban J connectivity index is 2.45. The number of phenols is 2. The average Bonchev–Trinajstić information content (AvgIpc) is 3.25. The molecule has 6 amide bonds. The predicted octanol–water partition coefficient (Wildman–Crippen LogP) is -1.34. The molecular weight excluding hydrogens is 831 g/mol. The van der Waals surface area contributed by atoms with Gasteiger partial charge in [0, 0.05) is 6.42 Å². The molecule has 0 spiro atoms. The topological polar surface area (TPSA) is 354 Å². The van der Waals surface area contributed by atoms with Crippen LogP contribution in [-0.4, -0.2) is 114 Å². The Bertz CT molecular complexity index is 1820. The molecule has 0 saturated carbocycles. The van der Waals surface area contributed by atoms with Crippen molar-refractivity contribution in [3.8, 4) is 11.5 Å². The molecule has 0 saturated heterocycles. The molecule has 2 rings (SSSR count). The molecule has 0 aliphatic heterocycles. The van der Waals surface area contributed by atoms with Crippen LogP contribution in [0.1, 0.15) is 77.3 Å². The third-order valence-corrected chi connectivity index (χ3v) is 10.6. The van der Waals surface area contributed by atoms with E-state index in [2.05, 4.69) is 42.5 Å². The Hall–Kier alpha value is -5.87. The van der Waals surface area contributed by atoms with Gasteiger partial charge in [-0.25, -0.2) is 4.79 Å². The van der Waals surface area contributed by atoms with Crippen molar-refractivity contribution in [3.05, 3.63) is 59.7 Å². The maximum Gasteiger partial charge on any atom is 0.326 e. The van der Waals surface area contributed by atoms with Crippen molar-refractivity contribution in [2.45, 2.75) is 116 Å². The summed E-state index contributed by atoms with van der Waals surface area (Å²) in [6.07, 6.45) is -0.768. The summed E-state index contributed by atoms with van der Waals surface area (Å²) in [7, 11) is 1.66. The number of phenolic OH excluding ortho intramolecular Hbond substituents is 2. The first-order chi connectivity index (χ1) is 30.3. The third-order valence-electron chi connectivity index (χ3n) is 10.6. The summed E-state index contributed by atoms with van der Waals surface area (Å²) >= 11 is 0. The number of aromatic hydroxyl groups is 2. The summed E-state index contributed by atoms with van der Waals surface area (Å²) in [4.78, 5) is 94.7. The van der Waals surface area contributed by atoms with Gasteiger partial charge in [-0.1, -0.05) is 44.5 Å². The highest BCUT2D eigenvalue weighted by atomic mass is 16.4. The smallest absolute Gasteiger partial charge is 0.326 e. The molecule has 21 nitrogen and oxygen atoms in total. The standard InChI is InChI=1S/C43H69N11O10/c1-6-24(2)35(41(62)49-26(4)47-5)54-39(60)31(22-27-12-16-29(55)17-13-27)38(59)51-33(23-28-14-18-30(56)19-15-28)40(61)53-34(11-7-8-20-44)52-37(58)25(3)36(57)50-32(42(63)64)10-9-21-48-43(45)46/h12-19,24-26,31-35,43,47-48,55-56H,6-11,20-23,44-46H2,1-5H3,(H,49,62)(H,50,57)(H,51,59)(H,52,58)(H,53,61)(H,54,60)(H,63,64). The first-order valence-electron chi connectivity index (χ1n) is 21.5. The Kier molecular flexibility index (Phi) is 23.8. The van der Waals surface area contributed by atoms with Crippen molar-refractivity contribution in [1.29, 1.82) is 0 Å². The maximum absolute atomic E-state index is 14.4. The van der Waals surface area contributed by atoms with E-state index >= 15 is 0 Å². The lowest BCUT2D eigenvalue weighted by atomic mass is 9.93. The number of nitrogens with one attached hydrogen (secondary N) is 8. The van der Waals surface area contributed by atoms with Gasteiger partial charge < -0.3 is 69.7 Å². The summed E-state index contributed by atoms with van der Waals surface area (Å²) in [5.41, 5.74) is 17.6. The molecule has 64 heavy (non-hydrogen) atoms. The monoisotopic (exact) mass is 900 g/mol. The molecule has 0 radical (unpaired) electrons. The lowest BCUT2D eigenvalue weighted by molar-refractivity contribution is -0.144. The fourth-order valence-corrected chi connectivity index (χ4v) is 6.34. The van der Waals surface area contributed by atoms with E-state index in [0.717, 1.165) is 0 Å². The Labute approximate surface area is 374 Å². The van der Waals surface area contributed by atoms with Gasteiger partial charge >= 0.3 is 5.97 Å². The third kappa shape index (κ3) is 19.3. The summed E-state index contributed by atoms with van der Waals surface area (Å²) in [6.45, 7) is 7.22. The summed E-state index contributed by atoms with van der Waals surface area (Å²) in [5, 5.41) is 51.2. The number of unbranched alkanes of at least 4 members (excludes halogenated alkanes) is 1. The fourth-order valence-electron chi connectivity index (χ4n) is 6.34. The highest BCUT2D eigenvalue weighted by Gasteiger charge is 2.36. The Morgan fingerprint density at radius 1 is 0.625 bits per heavy atom. The molecule has 0 aliphatic rings. The minimum Gasteiger partial charge on any atom is -0.508 e. The number of nitrogens with two attached hydrogens (primary N) is 3. The lowest BCUT2D eigenvalue weighted by Crippen LogP contribution is -2.59. The van der Waals surface area contributed by atoms with Crippen LogP contribution in [-0.2, 0) is 46.4 Å². The van der Waals surface area contributed by atoms with E-state index in [1.54, 1.807) is 33.0 Å². The molecular formula is C43H69N11O10. The second kappa shape index (κ2) is 28.0. The molecule has 21 heteroatoms. The van der Waals surface area contributed by atoms with Crippen LogP contribution in [0, 0.1) is 17.8 Å². The van der Waals surface area contributed by atoms with Gasteiger partial charge in [-0.3, -0.25) is 34.1 Å². The number of benzene rings is 2. The van der Waals surface area contributed by atoms with Crippen molar-refractivity contribution >= 4 is 41.4 Å². The van der Waals surface area contributed by atoms with Crippen molar-refractivity contribution in [2.75, 3.05) is 20.1 Å². The van der Waals surface area contributed by atoms with Crippen molar-refractivity contribution < 1.29 is 48.9 Å². The normalized spacial score (nSPS) is 15.0. The van der Waals surface area contributed by atoms with Crippen LogP contribution in [0.3, 0.4) is 0 Å². The number of aliphatic carboxylic acids is 1. The number of carboxylic acid groups (broad SMARTS) is 1. The van der Waals surface area contributed by atoms with Gasteiger partial charge in [-0.05, 0) is 114 Å². The second-order valence-electron chi connectivity index (χ2n) is 15.8. The molecule has 2 aromatic rings. The second-order valence-corrected chi connectivity index (χ2v) is 15.8. The molecule has 0 heterocycles. The number of carboxylic acids is 1. The molecule has 2 aromatic carbocycles. The highest BCUT2D eigenvalue weighted by Crippen LogP contribution is 2.18. The average molecular weight is 900 g/mol. The Morgan fingerprint density at radius 2 is 1.16 bits per heavy atom. The van der Waals surface area contributed by atoms with E-state index in [-0.39, 0.29) is 49.6 Å². The Morgan fingerprint density at radius 3 is 1.69 bits per heavy atom. The minimum atomic E-state index is -1.50. The molecule has 0 aromatic heterocycles. The van der Waals surface area contributed by atoms with Crippen LogP contribution < -0.4 is 59.7 Å². The van der Waals surface area contributed by atoms with Crippen molar-refractivity contribution in [1.82, 2.24) is 42.5 Å². The largest absolute Gasteiger partial charge is 0.508 e. The SMILES string of the molecule is CCC(C)C(NC(=O)C(Cc1ccc(O)cc1)C(=O)NC(Cc1ccc(O)cc1)C(=O)NC(CCCCN)NC(=O)C(C)C(=O)NC(CCCNC(N)N)C(=O)O)C(=O)NC(C)NC. The first-order valence-corrected chi connectivity index (χ1v) is 21.5. The van der Waals surface area contributed by atoms with Gasteiger partial charge in [-0.15, -0.1) is 0 Å². The van der Waals surface area contributed by atoms with E-state index < -0.39 is 90.0 Å². The van der Waals surface area contributed by atoms with Crippen LogP contribution in [0.15, 0.2) is 48.5 Å². The van der Waals surface area contributed by atoms with E-state index in [4.69, 9.17) is 17.2 Å². The molecule has 8 atom stereocenters. The first kappa shape index (κ1) is 54.3. The fraction of sp³-hybridized carbons (Fsp3) is 0.558. The predicted molar refractivity (Wildman–Crippen MR) is 238 cm³/mol. The van der Waals surface area contributed by atoms with Gasteiger partial charge in [0.15, 0.2) is 0 Å². The van der Waals surface area contributed by atoms with E-state index in [1.165, 1.54) is 43.3 Å². The van der Waals surface area contributed by atoms with Crippen LogP contribution in [0.25, 0.3) is 0 Å². The molecule has 0 fully saturated rings. The van der Waals surface area contributed by atoms with Crippen LogP contribution >= 0.6 is 0 Å². The van der Waals surface area contributed by atoms with Crippen LogP contribution in [0.4, 0.5) is 0 Å². The van der Waals surface area contributed by atoms with E-state index in [1.807, 2.05) is 6.92 Å². The number of carbonyl (C=O) groups excluding carboxylic acids is 6. The summed E-state index contributed by atoms with van der Waals surface area (Å²) in [5.74, 6) is -9.28.